The van der Waals surface area contributed by atoms with Crippen LogP contribution in [-0.4, -0.2) is 19.3 Å². The SMILES string of the molecule is CCC(NC)N1c2ccccc2C[C@@H]2CCCC[C@H]21. The van der Waals surface area contributed by atoms with E-state index in [1.807, 2.05) is 0 Å². The quantitative estimate of drug-likeness (QED) is 0.891. The Morgan fingerprint density at radius 1 is 1.26 bits per heavy atom. The fraction of sp³-hybridized carbons (Fsp3) is 0.647. The number of nitrogens with one attached hydrogen (secondary N) is 1. The zero-order valence-electron chi connectivity index (χ0n) is 12.2. The summed E-state index contributed by atoms with van der Waals surface area (Å²) in [5.41, 5.74) is 3.03. The van der Waals surface area contributed by atoms with Crippen LogP contribution in [-0.2, 0) is 6.42 Å². The molecular weight excluding hydrogens is 232 g/mol. The molecule has 1 aromatic rings. The Balaban J connectivity index is 2.00. The lowest BCUT2D eigenvalue weighted by molar-refractivity contribution is 0.255. The number of hydrogen-bond acceptors (Lipinski definition) is 2. The van der Waals surface area contributed by atoms with Crippen LogP contribution >= 0.6 is 0 Å². The number of benzene rings is 1. The lowest BCUT2D eigenvalue weighted by Crippen LogP contribution is -2.55. The smallest absolute Gasteiger partial charge is 0.0794 e. The van der Waals surface area contributed by atoms with E-state index >= 15 is 0 Å². The predicted molar refractivity (Wildman–Crippen MR) is 81.5 cm³/mol. The van der Waals surface area contributed by atoms with Gasteiger partial charge in [0.1, 0.15) is 0 Å². The summed E-state index contributed by atoms with van der Waals surface area (Å²) in [7, 11) is 2.10. The van der Waals surface area contributed by atoms with Crippen molar-refractivity contribution in [2.24, 2.45) is 5.92 Å². The van der Waals surface area contributed by atoms with Gasteiger partial charge in [-0.3, -0.25) is 0 Å². The van der Waals surface area contributed by atoms with Crippen LogP contribution in [0.5, 0.6) is 0 Å². The molecule has 0 saturated heterocycles. The average molecular weight is 258 g/mol. The third kappa shape index (κ3) is 2.27. The Kier molecular flexibility index (Phi) is 3.79. The van der Waals surface area contributed by atoms with Gasteiger partial charge in [0.15, 0.2) is 0 Å². The normalized spacial score (nSPS) is 27.6. The van der Waals surface area contributed by atoms with Crippen LogP contribution in [0.2, 0.25) is 0 Å². The van der Waals surface area contributed by atoms with Crippen LogP contribution in [0, 0.1) is 5.92 Å². The maximum atomic E-state index is 3.52. The molecular formula is C17H26N2. The van der Waals surface area contributed by atoms with Gasteiger partial charge in [-0.1, -0.05) is 38.0 Å². The van der Waals surface area contributed by atoms with Crippen molar-refractivity contribution in [3.05, 3.63) is 29.8 Å². The van der Waals surface area contributed by atoms with Gasteiger partial charge >= 0.3 is 0 Å². The van der Waals surface area contributed by atoms with Crippen molar-refractivity contribution >= 4 is 5.69 Å². The van der Waals surface area contributed by atoms with Gasteiger partial charge in [-0.25, -0.2) is 0 Å². The van der Waals surface area contributed by atoms with E-state index in [4.69, 9.17) is 0 Å². The van der Waals surface area contributed by atoms with Gasteiger partial charge < -0.3 is 10.2 Å². The molecule has 2 aliphatic rings. The second kappa shape index (κ2) is 5.54. The Labute approximate surface area is 117 Å². The maximum absolute atomic E-state index is 3.52. The predicted octanol–water partition coefficient (Wildman–Crippen LogP) is 3.56. The van der Waals surface area contributed by atoms with Gasteiger partial charge in [-0.05, 0) is 50.3 Å². The summed E-state index contributed by atoms with van der Waals surface area (Å²) in [4.78, 5) is 2.70. The maximum Gasteiger partial charge on any atom is 0.0794 e. The number of fused-ring (bicyclic) bond motifs is 2. The van der Waals surface area contributed by atoms with E-state index in [0.717, 1.165) is 18.4 Å². The first-order valence-electron chi connectivity index (χ1n) is 7.88. The molecule has 1 aromatic carbocycles. The summed E-state index contributed by atoms with van der Waals surface area (Å²) in [6, 6.07) is 9.79. The fourth-order valence-electron chi connectivity index (χ4n) is 4.13. The van der Waals surface area contributed by atoms with Crippen LogP contribution in [0.1, 0.15) is 44.6 Å². The minimum atomic E-state index is 0.479. The van der Waals surface area contributed by atoms with E-state index in [0.29, 0.717) is 6.17 Å². The minimum absolute atomic E-state index is 0.479. The Hall–Kier alpha value is -1.02. The molecule has 3 atom stereocenters. The molecule has 0 bridgehead atoms. The summed E-state index contributed by atoms with van der Waals surface area (Å²) in [5, 5.41) is 3.52. The summed E-state index contributed by atoms with van der Waals surface area (Å²) in [6.07, 6.45) is 8.54. The largest absolute Gasteiger partial charge is 0.353 e. The molecule has 0 radical (unpaired) electrons. The highest BCUT2D eigenvalue weighted by Gasteiger charge is 2.37. The first-order valence-corrected chi connectivity index (χ1v) is 7.88. The van der Waals surface area contributed by atoms with Crippen molar-refractivity contribution in [3.8, 4) is 0 Å². The number of nitrogens with zero attached hydrogens (tertiary/aromatic N) is 1. The number of rotatable bonds is 3. The number of para-hydroxylation sites is 1. The van der Waals surface area contributed by atoms with Crippen molar-refractivity contribution in [1.29, 1.82) is 0 Å². The summed E-state index contributed by atoms with van der Waals surface area (Å²) in [5.74, 6) is 0.867. The molecule has 0 spiro atoms. The monoisotopic (exact) mass is 258 g/mol. The molecule has 104 valence electrons. The Bertz CT molecular complexity index is 425. The average Bonchev–Trinajstić information content (AvgIpc) is 2.47. The topological polar surface area (TPSA) is 15.3 Å². The highest BCUT2D eigenvalue weighted by molar-refractivity contribution is 5.57. The molecule has 1 fully saturated rings. The molecule has 1 N–H and O–H groups in total. The molecule has 1 unspecified atom stereocenters. The minimum Gasteiger partial charge on any atom is -0.353 e. The first kappa shape index (κ1) is 13.0. The van der Waals surface area contributed by atoms with Crippen LogP contribution in [0.4, 0.5) is 5.69 Å². The lowest BCUT2D eigenvalue weighted by atomic mass is 9.76. The van der Waals surface area contributed by atoms with Gasteiger partial charge in [-0.2, -0.15) is 0 Å². The van der Waals surface area contributed by atoms with E-state index in [1.54, 1.807) is 5.56 Å². The van der Waals surface area contributed by atoms with Crippen molar-refractivity contribution in [2.75, 3.05) is 11.9 Å². The zero-order valence-corrected chi connectivity index (χ0v) is 12.2. The van der Waals surface area contributed by atoms with Gasteiger partial charge in [0.25, 0.3) is 0 Å². The van der Waals surface area contributed by atoms with Crippen LogP contribution < -0.4 is 10.2 Å². The van der Waals surface area contributed by atoms with Crippen LogP contribution in [0.15, 0.2) is 24.3 Å². The van der Waals surface area contributed by atoms with Gasteiger partial charge in [-0.15, -0.1) is 0 Å². The second-order valence-corrected chi connectivity index (χ2v) is 6.06. The zero-order chi connectivity index (χ0) is 13.2. The fourth-order valence-corrected chi connectivity index (χ4v) is 4.13. The first-order chi connectivity index (χ1) is 9.35. The van der Waals surface area contributed by atoms with Gasteiger partial charge in [0, 0.05) is 11.7 Å². The highest BCUT2D eigenvalue weighted by Crippen LogP contribution is 2.41. The van der Waals surface area contributed by atoms with Crippen molar-refractivity contribution < 1.29 is 0 Å². The van der Waals surface area contributed by atoms with E-state index in [2.05, 4.69) is 48.5 Å². The molecule has 2 nitrogen and oxygen atoms in total. The third-order valence-corrected chi connectivity index (χ3v) is 5.03. The molecule has 0 aromatic heterocycles. The molecule has 1 heterocycles. The van der Waals surface area contributed by atoms with E-state index in [-0.39, 0.29) is 0 Å². The van der Waals surface area contributed by atoms with Crippen LogP contribution in [0.25, 0.3) is 0 Å². The molecule has 3 rings (SSSR count). The van der Waals surface area contributed by atoms with Crippen molar-refractivity contribution in [1.82, 2.24) is 5.32 Å². The highest BCUT2D eigenvalue weighted by atomic mass is 15.3. The van der Waals surface area contributed by atoms with E-state index in [9.17, 15) is 0 Å². The number of anilines is 1. The van der Waals surface area contributed by atoms with E-state index in [1.165, 1.54) is 37.8 Å². The van der Waals surface area contributed by atoms with Gasteiger partial charge in [0.05, 0.1) is 6.17 Å². The van der Waals surface area contributed by atoms with Crippen molar-refractivity contribution in [2.45, 2.75) is 57.7 Å². The molecule has 2 heteroatoms. The molecule has 1 aliphatic heterocycles. The summed E-state index contributed by atoms with van der Waals surface area (Å²) < 4.78 is 0. The lowest BCUT2D eigenvalue weighted by Gasteiger charge is -2.49. The number of hydrogen-bond donors (Lipinski definition) is 1. The molecule has 0 amide bonds. The van der Waals surface area contributed by atoms with Gasteiger partial charge in [0.2, 0.25) is 0 Å². The Morgan fingerprint density at radius 2 is 2.05 bits per heavy atom. The summed E-state index contributed by atoms with van der Waals surface area (Å²) in [6.45, 7) is 2.29. The summed E-state index contributed by atoms with van der Waals surface area (Å²) >= 11 is 0. The van der Waals surface area contributed by atoms with Crippen LogP contribution in [0.3, 0.4) is 0 Å². The van der Waals surface area contributed by atoms with Crippen molar-refractivity contribution in [3.63, 3.8) is 0 Å². The molecule has 19 heavy (non-hydrogen) atoms. The Morgan fingerprint density at radius 3 is 2.84 bits per heavy atom. The molecule has 1 saturated carbocycles. The second-order valence-electron chi connectivity index (χ2n) is 6.06. The standard InChI is InChI=1S/C17H26N2/c1-3-17(18-2)19-15-10-6-4-8-13(15)12-14-9-5-7-11-16(14)19/h4,6,8,10,14,16-18H,3,5,7,9,11-12H2,1-2H3/t14-,16+,17?/m0/s1. The third-order valence-electron chi connectivity index (χ3n) is 5.03. The molecule has 1 aliphatic carbocycles. The van der Waals surface area contributed by atoms with E-state index < -0.39 is 0 Å².